The predicted molar refractivity (Wildman–Crippen MR) is 142 cm³/mol. The zero-order valence-corrected chi connectivity index (χ0v) is 22.3. The number of nitrogens with zero attached hydrogens (tertiary/aromatic N) is 2. The Balaban J connectivity index is 1.72. The van der Waals surface area contributed by atoms with Crippen molar-refractivity contribution in [3.05, 3.63) is 41.2 Å². The highest BCUT2D eigenvalue weighted by Gasteiger charge is 2.34. The van der Waals surface area contributed by atoms with Gasteiger partial charge in [-0.2, -0.15) is 0 Å². The molecule has 1 amide bonds. The van der Waals surface area contributed by atoms with Gasteiger partial charge in [0.15, 0.2) is 0 Å². The van der Waals surface area contributed by atoms with Gasteiger partial charge in [-0.3, -0.25) is 4.79 Å². The first-order valence-electron chi connectivity index (χ1n) is 12.4. The lowest BCUT2D eigenvalue weighted by Gasteiger charge is -2.32. The maximum Gasteiger partial charge on any atom is 0.228 e. The first-order chi connectivity index (χ1) is 16.1. The van der Waals surface area contributed by atoms with Crippen LogP contribution in [0.25, 0.3) is 0 Å². The fourth-order valence-corrected chi connectivity index (χ4v) is 6.11. The van der Waals surface area contributed by atoms with Crippen LogP contribution in [-0.2, 0) is 17.6 Å². The van der Waals surface area contributed by atoms with Crippen LogP contribution in [0.5, 0.6) is 0 Å². The van der Waals surface area contributed by atoms with E-state index < -0.39 is 0 Å². The molecule has 0 saturated heterocycles. The molecule has 0 aliphatic heterocycles. The number of thioether (sulfide) groups is 2. The van der Waals surface area contributed by atoms with Gasteiger partial charge in [-0.15, -0.1) is 23.5 Å². The molecule has 1 aromatic heterocycles. The Hall–Kier alpha value is -1.53. The van der Waals surface area contributed by atoms with E-state index in [0.29, 0.717) is 5.92 Å². The number of rotatable bonds is 12. The number of nitrogens with one attached hydrogen (secondary N) is 1. The van der Waals surface area contributed by atoms with E-state index in [1.165, 1.54) is 56.1 Å². The number of benzene rings is 1. The molecule has 33 heavy (non-hydrogen) atoms. The van der Waals surface area contributed by atoms with E-state index in [0.717, 1.165) is 40.8 Å². The standard InChI is InChI=1S/C27H39N3OS2/c1-5-6-7-8-9-10-11-16-22-17-20-14-12-13-15-21(20)18-23(22)25(31)30-24-26(32-3)28-19(2)29-27(24)33-4/h12-15,22-23H,5-11,16-18H2,1-4H3,(H,30,31). The summed E-state index contributed by atoms with van der Waals surface area (Å²) in [6.45, 7) is 4.17. The molecule has 0 radical (unpaired) electrons. The van der Waals surface area contributed by atoms with Gasteiger partial charge in [0.2, 0.25) is 5.91 Å². The Morgan fingerprint density at radius 3 is 2.12 bits per heavy atom. The first kappa shape index (κ1) is 26.1. The molecule has 1 heterocycles. The summed E-state index contributed by atoms with van der Waals surface area (Å²) < 4.78 is 0. The first-order valence-corrected chi connectivity index (χ1v) is 14.9. The van der Waals surface area contributed by atoms with Crippen LogP contribution in [0, 0.1) is 18.8 Å². The number of anilines is 1. The van der Waals surface area contributed by atoms with E-state index in [2.05, 4.69) is 46.5 Å². The van der Waals surface area contributed by atoms with Crippen molar-refractivity contribution in [2.24, 2.45) is 11.8 Å². The Bertz CT molecular complexity index is 893. The van der Waals surface area contributed by atoms with Gasteiger partial charge in [-0.1, -0.05) is 76.1 Å². The second-order valence-electron chi connectivity index (χ2n) is 9.11. The van der Waals surface area contributed by atoms with Gasteiger partial charge >= 0.3 is 0 Å². The smallest absolute Gasteiger partial charge is 0.228 e. The molecule has 0 spiro atoms. The molecule has 2 aromatic rings. The minimum Gasteiger partial charge on any atom is -0.321 e. The zero-order chi connectivity index (χ0) is 23.6. The summed E-state index contributed by atoms with van der Waals surface area (Å²) in [5.74, 6) is 1.24. The number of hydrogen-bond acceptors (Lipinski definition) is 5. The summed E-state index contributed by atoms with van der Waals surface area (Å²) in [5, 5.41) is 4.95. The van der Waals surface area contributed by atoms with Gasteiger partial charge in [-0.25, -0.2) is 9.97 Å². The highest BCUT2D eigenvalue weighted by Crippen LogP contribution is 2.37. The van der Waals surface area contributed by atoms with E-state index in [1.54, 1.807) is 23.5 Å². The number of amides is 1. The van der Waals surface area contributed by atoms with Crippen molar-refractivity contribution >= 4 is 35.1 Å². The lowest BCUT2D eigenvalue weighted by molar-refractivity contribution is -0.121. The normalized spacial score (nSPS) is 17.6. The average Bonchev–Trinajstić information content (AvgIpc) is 2.83. The Morgan fingerprint density at radius 1 is 0.939 bits per heavy atom. The van der Waals surface area contributed by atoms with Gasteiger partial charge in [0.25, 0.3) is 0 Å². The quantitative estimate of drug-likeness (QED) is 0.194. The minimum absolute atomic E-state index is 0.00860. The summed E-state index contributed by atoms with van der Waals surface area (Å²) >= 11 is 3.13. The van der Waals surface area contributed by atoms with Crippen LogP contribution in [0.15, 0.2) is 34.3 Å². The lowest BCUT2D eigenvalue weighted by atomic mass is 9.73. The minimum atomic E-state index is -0.00860. The highest BCUT2D eigenvalue weighted by atomic mass is 32.2. The maximum atomic E-state index is 13.6. The van der Waals surface area contributed by atoms with Gasteiger partial charge in [0.05, 0.1) is 0 Å². The van der Waals surface area contributed by atoms with Crippen molar-refractivity contribution < 1.29 is 4.79 Å². The van der Waals surface area contributed by atoms with Gasteiger partial charge in [-0.05, 0) is 55.7 Å². The largest absolute Gasteiger partial charge is 0.321 e. The van der Waals surface area contributed by atoms with Crippen molar-refractivity contribution in [3.63, 3.8) is 0 Å². The van der Waals surface area contributed by atoms with E-state index in [1.807, 2.05) is 19.4 Å². The second kappa shape index (κ2) is 13.4. The molecule has 2 atom stereocenters. The molecule has 1 aromatic carbocycles. The van der Waals surface area contributed by atoms with Crippen LogP contribution in [0.4, 0.5) is 5.69 Å². The maximum absolute atomic E-state index is 13.6. The molecular weight excluding hydrogens is 446 g/mol. The van der Waals surface area contributed by atoms with Gasteiger partial charge < -0.3 is 5.32 Å². The van der Waals surface area contributed by atoms with E-state index in [9.17, 15) is 4.79 Å². The Kier molecular flexibility index (Phi) is 10.6. The fraction of sp³-hybridized carbons (Fsp3) is 0.593. The number of unbranched alkanes of at least 4 members (excludes halogenated alkanes) is 6. The van der Waals surface area contributed by atoms with Crippen LogP contribution >= 0.6 is 23.5 Å². The third-order valence-electron chi connectivity index (χ3n) is 6.71. The van der Waals surface area contributed by atoms with E-state index in [4.69, 9.17) is 0 Å². The number of carbonyl (C=O) groups excluding carboxylic acids is 1. The summed E-state index contributed by atoms with van der Waals surface area (Å²) in [6.07, 6.45) is 16.1. The van der Waals surface area contributed by atoms with Gasteiger partial charge in [0.1, 0.15) is 21.6 Å². The number of carbonyl (C=O) groups is 1. The van der Waals surface area contributed by atoms with Crippen molar-refractivity contribution in [1.29, 1.82) is 0 Å². The number of fused-ring (bicyclic) bond motifs is 1. The van der Waals surface area contributed by atoms with Crippen LogP contribution in [0.2, 0.25) is 0 Å². The molecule has 1 aliphatic rings. The van der Waals surface area contributed by atoms with Crippen molar-refractivity contribution in [2.45, 2.75) is 88.1 Å². The molecule has 0 bridgehead atoms. The predicted octanol–water partition coefficient (Wildman–Crippen LogP) is 7.34. The summed E-state index contributed by atoms with van der Waals surface area (Å²) in [6, 6.07) is 8.65. The topological polar surface area (TPSA) is 54.9 Å². The summed E-state index contributed by atoms with van der Waals surface area (Å²) in [5.41, 5.74) is 3.52. The molecule has 1 N–H and O–H groups in total. The molecule has 2 unspecified atom stereocenters. The van der Waals surface area contributed by atoms with Crippen molar-refractivity contribution in [3.8, 4) is 0 Å². The average molecular weight is 486 g/mol. The highest BCUT2D eigenvalue weighted by molar-refractivity contribution is 7.99. The number of hydrogen-bond donors (Lipinski definition) is 1. The third kappa shape index (κ3) is 7.22. The van der Waals surface area contributed by atoms with Gasteiger partial charge in [0, 0.05) is 5.92 Å². The third-order valence-corrected chi connectivity index (χ3v) is 8.08. The summed E-state index contributed by atoms with van der Waals surface area (Å²) in [7, 11) is 0. The van der Waals surface area contributed by atoms with Crippen LogP contribution in [-0.4, -0.2) is 28.4 Å². The van der Waals surface area contributed by atoms with Crippen LogP contribution < -0.4 is 5.32 Å². The SMILES string of the molecule is CCCCCCCCCC1Cc2ccccc2CC1C(=O)Nc1c(SC)nc(C)nc1SC. The molecule has 1 aliphatic carbocycles. The monoisotopic (exact) mass is 485 g/mol. The number of aryl methyl sites for hydroxylation is 1. The van der Waals surface area contributed by atoms with Crippen molar-refractivity contribution in [1.82, 2.24) is 9.97 Å². The molecule has 0 fully saturated rings. The molecular formula is C27H39N3OS2. The molecule has 0 saturated carbocycles. The summed E-state index contributed by atoms with van der Waals surface area (Å²) in [4.78, 5) is 22.8. The Morgan fingerprint density at radius 2 is 1.52 bits per heavy atom. The van der Waals surface area contributed by atoms with Crippen LogP contribution in [0.1, 0.15) is 75.2 Å². The van der Waals surface area contributed by atoms with E-state index >= 15 is 0 Å². The van der Waals surface area contributed by atoms with Crippen LogP contribution in [0.3, 0.4) is 0 Å². The molecule has 3 rings (SSSR count). The molecule has 4 nitrogen and oxygen atoms in total. The second-order valence-corrected chi connectivity index (χ2v) is 10.7. The molecule has 6 heteroatoms. The Labute approximate surface area is 208 Å². The molecule has 180 valence electrons. The lowest BCUT2D eigenvalue weighted by Crippen LogP contribution is -2.36. The number of aromatic nitrogens is 2. The zero-order valence-electron chi connectivity index (χ0n) is 20.7. The van der Waals surface area contributed by atoms with E-state index in [-0.39, 0.29) is 11.8 Å². The fourth-order valence-electron chi connectivity index (χ4n) is 4.90. The van der Waals surface area contributed by atoms with Crippen molar-refractivity contribution in [2.75, 3.05) is 17.8 Å².